The number of piperidine rings is 1. The predicted octanol–water partition coefficient (Wildman–Crippen LogP) is 0.597. The summed E-state index contributed by atoms with van der Waals surface area (Å²) < 4.78 is 11.2. The van der Waals surface area contributed by atoms with Gasteiger partial charge in [0.2, 0.25) is 0 Å². The summed E-state index contributed by atoms with van der Waals surface area (Å²) in [6, 6.07) is 0. The van der Waals surface area contributed by atoms with Crippen molar-refractivity contribution in [2.75, 3.05) is 45.9 Å². The highest BCUT2D eigenvalue weighted by Crippen LogP contribution is 2.43. The summed E-state index contributed by atoms with van der Waals surface area (Å²) in [6.07, 6.45) is 3.49. The normalized spacial score (nSPS) is 27.1. The number of aromatic nitrogens is 3. The number of ether oxygens (including phenoxy) is 2. The molecule has 4 rings (SSSR count). The van der Waals surface area contributed by atoms with Crippen molar-refractivity contribution in [3.63, 3.8) is 0 Å². The summed E-state index contributed by atoms with van der Waals surface area (Å²) in [5.74, 6) is 1.79. The zero-order valence-corrected chi connectivity index (χ0v) is 15.6. The first-order valence-electron chi connectivity index (χ1n) is 9.80. The standard InChI is InChI=1S/C18H29N5O3/c1-2-15-19-16(21-20-15)13-22-5-3-18(4-6-22)11-14(26-17(18)24)12-23-7-9-25-10-8-23/h14H,2-13H2,1H3,(H,19,20,21). The molecule has 4 heterocycles. The number of H-pyrrole nitrogens is 1. The largest absolute Gasteiger partial charge is 0.461 e. The van der Waals surface area contributed by atoms with Crippen LogP contribution in [-0.2, 0) is 27.2 Å². The Bertz CT molecular complexity index is 620. The Morgan fingerprint density at radius 3 is 2.65 bits per heavy atom. The van der Waals surface area contributed by atoms with Crippen molar-refractivity contribution in [2.24, 2.45) is 5.41 Å². The third-order valence-electron chi connectivity index (χ3n) is 5.97. The van der Waals surface area contributed by atoms with Crippen LogP contribution in [0.3, 0.4) is 0 Å². The molecule has 3 fully saturated rings. The summed E-state index contributed by atoms with van der Waals surface area (Å²) >= 11 is 0. The second-order valence-corrected chi connectivity index (χ2v) is 7.75. The number of hydrogen-bond donors (Lipinski definition) is 1. The van der Waals surface area contributed by atoms with Crippen molar-refractivity contribution < 1.29 is 14.3 Å². The van der Waals surface area contributed by atoms with E-state index in [-0.39, 0.29) is 17.5 Å². The zero-order chi connectivity index (χ0) is 18.0. The average Bonchev–Trinajstić information content (AvgIpc) is 3.23. The number of likely N-dealkylation sites (tertiary alicyclic amines) is 1. The Balaban J connectivity index is 1.29. The molecule has 1 aromatic heterocycles. The molecule has 8 heteroatoms. The van der Waals surface area contributed by atoms with Crippen LogP contribution in [0.2, 0.25) is 0 Å². The maximum Gasteiger partial charge on any atom is 0.312 e. The van der Waals surface area contributed by atoms with E-state index in [2.05, 4.69) is 31.9 Å². The number of morpholine rings is 1. The molecule has 1 atom stereocenters. The fourth-order valence-corrected chi connectivity index (χ4v) is 4.33. The van der Waals surface area contributed by atoms with Crippen LogP contribution in [0.1, 0.15) is 37.8 Å². The van der Waals surface area contributed by atoms with Crippen LogP contribution in [-0.4, -0.2) is 83.0 Å². The minimum absolute atomic E-state index is 0.0170. The zero-order valence-electron chi connectivity index (χ0n) is 15.6. The fraction of sp³-hybridized carbons (Fsp3) is 0.833. The Labute approximate surface area is 154 Å². The van der Waals surface area contributed by atoms with Crippen LogP contribution in [0.5, 0.6) is 0 Å². The monoisotopic (exact) mass is 363 g/mol. The van der Waals surface area contributed by atoms with Crippen LogP contribution < -0.4 is 0 Å². The van der Waals surface area contributed by atoms with Crippen molar-refractivity contribution in [2.45, 2.75) is 45.3 Å². The second-order valence-electron chi connectivity index (χ2n) is 7.75. The van der Waals surface area contributed by atoms with Crippen LogP contribution in [0.25, 0.3) is 0 Å². The smallest absolute Gasteiger partial charge is 0.312 e. The number of aromatic amines is 1. The van der Waals surface area contributed by atoms with Gasteiger partial charge in [0.1, 0.15) is 17.8 Å². The number of carbonyl (C=O) groups excluding carboxylic acids is 1. The summed E-state index contributed by atoms with van der Waals surface area (Å²) in [4.78, 5) is 21.8. The summed E-state index contributed by atoms with van der Waals surface area (Å²) in [5.41, 5.74) is -0.274. The Hall–Kier alpha value is -1.51. The lowest BCUT2D eigenvalue weighted by atomic mass is 9.76. The maximum absolute atomic E-state index is 12.6. The van der Waals surface area contributed by atoms with E-state index in [1.54, 1.807) is 0 Å². The average molecular weight is 363 g/mol. The molecule has 0 aliphatic carbocycles. The summed E-state index contributed by atoms with van der Waals surface area (Å²) in [7, 11) is 0. The van der Waals surface area contributed by atoms with Gasteiger partial charge in [0, 0.05) is 32.5 Å². The fourth-order valence-electron chi connectivity index (χ4n) is 4.33. The lowest BCUT2D eigenvalue weighted by molar-refractivity contribution is -0.151. The van der Waals surface area contributed by atoms with Crippen molar-refractivity contribution in [1.29, 1.82) is 0 Å². The maximum atomic E-state index is 12.6. The molecule has 0 saturated carbocycles. The van der Waals surface area contributed by atoms with Gasteiger partial charge < -0.3 is 9.47 Å². The van der Waals surface area contributed by atoms with E-state index in [0.717, 1.165) is 89.8 Å². The van der Waals surface area contributed by atoms with Crippen molar-refractivity contribution in [3.8, 4) is 0 Å². The molecule has 0 amide bonds. The highest BCUT2D eigenvalue weighted by atomic mass is 16.6. The van der Waals surface area contributed by atoms with Crippen LogP contribution in [0.4, 0.5) is 0 Å². The third kappa shape index (κ3) is 3.77. The van der Waals surface area contributed by atoms with E-state index < -0.39 is 0 Å². The predicted molar refractivity (Wildman–Crippen MR) is 94.5 cm³/mol. The third-order valence-corrected chi connectivity index (χ3v) is 5.97. The molecule has 0 radical (unpaired) electrons. The van der Waals surface area contributed by atoms with Gasteiger partial charge in [-0.05, 0) is 25.9 Å². The van der Waals surface area contributed by atoms with Gasteiger partial charge >= 0.3 is 5.97 Å². The van der Waals surface area contributed by atoms with Gasteiger partial charge in [0.15, 0.2) is 0 Å². The summed E-state index contributed by atoms with van der Waals surface area (Å²) in [6.45, 7) is 8.91. The van der Waals surface area contributed by atoms with Gasteiger partial charge in [-0.25, -0.2) is 4.98 Å². The summed E-state index contributed by atoms with van der Waals surface area (Å²) in [5, 5.41) is 7.21. The minimum Gasteiger partial charge on any atom is -0.461 e. The molecule has 0 bridgehead atoms. The van der Waals surface area contributed by atoms with Crippen LogP contribution >= 0.6 is 0 Å². The van der Waals surface area contributed by atoms with Crippen LogP contribution in [0, 0.1) is 5.41 Å². The van der Waals surface area contributed by atoms with E-state index >= 15 is 0 Å². The number of nitrogens with zero attached hydrogens (tertiary/aromatic N) is 4. The number of cyclic esters (lactones) is 1. The molecule has 3 aliphatic rings. The number of hydrogen-bond acceptors (Lipinski definition) is 7. The Morgan fingerprint density at radius 2 is 1.96 bits per heavy atom. The number of carbonyl (C=O) groups is 1. The molecule has 8 nitrogen and oxygen atoms in total. The molecular weight excluding hydrogens is 334 g/mol. The highest BCUT2D eigenvalue weighted by molar-refractivity contribution is 5.79. The first-order chi connectivity index (χ1) is 12.7. The molecular formula is C18H29N5O3. The first kappa shape index (κ1) is 17.9. The quantitative estimate of drug-likeness (QED) is 0.767. The molecule has 26 heavy (non-hydrogen) atoms. The molecule has 1 aromatic rings. The van der Waals surface area contributed by atoms with E-state index in [1.807, 2.05) is 0 Å². The second kappa shape index (κ2) is 7.62. The molecule has 3 saturated heterocycles. The Kier molecular flexibility index (Phi) is 5.24. The van der Waals surface area contributed by atoms with E-state index in [9.17, 15) is 4.79 Å². The minimum atomic E-state index is -0.274. The highest BCUT2D eigenvalue weighted by Gasteiger charge is 2.50. The number of rotatable bonds is 5. The lowest BCUT2D eigenvalue weighted by Gasteiger charge is -2.36. The van der Waals surface area contributed by atoms with Gasteiger partial charge in [-0.1, -0.05) is 6.92 Å². The van der Waals surface area contributed by atoms with Crippen molar-refractivity contribution in [1.82, 2.24) is 25.0 Å². The van der Waals surface area contributed by atoms with Crippen molar-refractivity contribution in [3.05, 3.63) is 11.6 Å². The molecule has 144 valence electrons. The van der Waals surface area contributed by atoms with Gasteiger partial charge in [-0.3, -0.25) is 19.7 Å². The lowest BCUT2D eigenvalue weighted by Crippen LogP contribution is -2.43. The van der Waals surface area contributed by atoms with E-state index in [1.165, 1.54) is 0 Å². The SMILES string of the molecule is CCc1n[nH]c(CN2CCC3(CC2)CC(CN2CCOCC2)OC3=O)n1. The van der Waals surface area contributed by atoms with Gasteiger partial charge in [-0.15, -0.1) is 0 Å². The molecule has 1 N–H and O–H groups in total. The Morgan fingerprint density at radius 1 is 1.19 bits per heavy atom. The first-order valence-corrected chi connectivity index (χ1v) is 9.80. The molecule has 3 aliphatic heterocycles. The van der Waals surface area contributed by atoms with Crippen LogP contribution in [0.15, 0.2) is 0 Å². The number of esters is 1. The number of nitrogens with one attached hydrogen (secondary N) is 1. The number of aryl methyl sites for hydroxylation is 1. The molecule has 1 unspecified atom stereocenters. The van der Waals surface area contributed by atoms with Crippen molar-refractivity contribution >= 4 is 5.97 Å². The molecule has 1 spiro atoms. The van der Waals surface area contributed by atoms with Gasteiger partial charge in [-0.2, -0.15) is 5.10 Å². The molecule has 0 aromatic carbocycles. The topological polar surface area (TPSA) is 83.6 Å². The van der Waals surface area contributed by atoms with E-state index in [4.69, 9.17) is 9.47 Å². The van der Waals surface area contributed by atoms with E-state index in [0.29, 0.717) is 0 Å². The van der Waals surface area contributed by atoms with Gasteiger partial charge in [0.25, 0.3) is 0 Å². The van der Waals surface area contributed by atoms with Gasteiger partial charge in [0.05, 0.1) is 25.2 Å².